The van der Waals surface area contributed by atoms with Gasteiger partial charge in [-0.15, -0.1) is 0 Å². The Labute approximate surface area is 146 Å². The van der Waals surface area contributed by atoms with Gasteiger partial charge in [0.15, 0.2) is 0 Å². The Bertz CT molecular complexity index is 847. The minimum atomic E-state index is -3.61. The molecule has 0 atom stereocenters. The number of nitrogens with zero attached hydrogens (tertiary/aromatic N) is 3. The zero-order valence-corrected chi connectivity index (χ0v) is 14.6. The molecule has 2 heterocycles. The van der Waals surface area contributed by atoms with E-state index in [4.69, 9.17) is 4.74 Å². The van der Waals surface area contributed by atoms with Crippen LogP contribution in [0.1, 0.15) is 10.5 Å². The van der Waals surface area contributed by atoms with Crippen molar-refractivity contribution in [2.24, 2.45) is 0 Å². The van der Waals surface area contributed by atoms with Crippen LogP contribution in [0, 0.1) is 0 Å². The Kier molecular flexibility index (Phi) is 5.00. The normalized spacial score (nSPS) is 15.8. The molecule has 1 aromatic carbocycles. The van der Waals surface area contributed by atoms with Crippen molar-refractivity contribution < 1.29 is 17.9 Å². The molecule has 0 N–H and O–H groups in total. The molecule has 132 valence electrons. The van der Waals surface area contributed by atoms with Crippen molar-refractivity contribution in [3.63, 3.8) is 0 Å². The number of rotatable bonds is 4. The predicted molar refractivity (Wildman–Crippen MR) is 91.9 cm³/mol. The van der Waals surface area contributed by atoms with Crippen LogP contribution in [0.25, 0.3) is 0 Å². The van der Waals surface area contributed by atoms with Crippen LogP contribution < -0.4 is 4.74 Å². The van der Waals surface area contributed by atoms with Crippen LogP contribution in [0.2, 0.25) is 0 Å². The average Bonchev–Trinajstić information content (AvgIpc) is 2.68. The first-order valence-electron chi connectivity index (χ1n) is 7.87. The van der Waals surface area contributed by atoms with Crippen LogP contribution in [0.5, 0.6) is 5.75 Å². The number of piperazine rings is 1. The molecule has 0 unspecified atom stereocenters. The van der Waals surface area contributed by atoms with Gasteiger partial charge < -0.3 is 9.64 Å². The molecule has 1 aromatic heterocycles. The Morgan fingerprint density at radius 3 is 2.48 bits per heavy atom. The fourth-order valence-electron chi connectivity index (χ4n) is 2.69. The van der Waals surface area contributed by atoms with Crippen molar-refractivity contribution >= 4 is 15.9 Å². The highest BCUT2D eigenvalue weighted by molar-refractivity contribution is 7.89. The van der Waals surface area contributed by atoms with E-state index in [0.717, 1.165) is 0 Å². The van der Waals surface area contributed by atoms with Gasteiger partial charge in [0.2, 0.25) is 10.0 Å². The van der Waals surface area contributed by atoms with Gasteiger partial charge in [-0.1, -0.05) is 12.1 Å². The van der Waals surface area contributed by atoms with Gasteiger partial charge in [-0.25, -0.2) is 8.42 Å². The molecule has 3 rings (SSSR count). The molecule has 1 amide bonds. The van der Waals surface area contributed by atoms with Gasteiger partial charge in [-0.3, -0.25) is 9.78 Å². The lowest BCUT2D eigenvalue weighted by molar-refractivity contribution is 0.0692. The number of hydrogen-bond acceptors (Lipinski definition) is 5. The van der Waals surface area contributed by atoms with E-state index >= 15 is 0 Å². The summed E-state index contributed by atoms with van der Waals surface area (Å²) >= 11 is 0. The minimum Gasteiger partial charge on any atom is -0.497 e. The van der Waals surface area contributed by atoms with Gasteiger partial charge in [-0.05, 0) is 24.3 Å². The van der Waals surface area contributed by atoms with E-state index in [2.05, 4.69) is 4.98 Å². The van der Waals surface area contributed by atoms with Crippen molar-refractivity contribution in [1.82, 2.24) is 14.2 Å². The molecule has 1 saturated heterocycles. The molecule has 1 aliphatic rings. The second kappa shape index (κ2) is 7.20. The molecule has 0 bridgehead atoms. The van der Waals surface area contributed by atoms with Gasteiger partial charge in [-0.2, -0.15) is 4.31 Å². The lowest BCUT2D eigenvalue weighted by Gasteiger charge is -2.33. The summed E-state index contributed by atoms with van der Waals surface area (Å²) in [5.41, 5.74) is 0.367. The third-order valence-electron chi connectivity index (χ3n) is 4.09. The predicted octanol–water partition coefficient (Wildman–Crippen LogP) is 1.24. The number of aromatic nitrogens is 1. The Hall–Kier alpha value is -2.45. The number of benzene rings is 1. The number of pyridine rings is 1. The highest BCUT2D eigenvalue weighted by Gasteiger charge is 2.30. The summed E-state index contributed by atoms with van der Waals surface area (Å²) in [6, 6.07) is 11.5. The molecule has 7 nitrogen and oxygen atoms in total. The highest BCUT2D eigenvalue weighted by atomic mass is 32.2. The Morgan fingerprint density at radius 2 is 1.84 bits per heavy atom. The zero-order chi connectivity index (χ0) is 17.9. The van der Waals surface area contributed by atoms with E-state index in [9.17, 15) is 13.2 Å². The van der Waals surface area contributed by atoms with Gasteiger partial charge in [0.05, 0.1) is 12.0 Å². The van der Waals surface area contributed by atoms with Crippen LogP contribution >= 0.6 is 0 Å². The smallest absolute Gasteiger partial charge is 0.272 e. The standard InChI is InChI=1S/C17H19N3O4S/c1-24-14-5-4-6-15(13-14)25(22,23)20-11-9-19(10-12-20)17(21)16-7-2-3-8-18-16/h2-8,13H,9-12H2,1H3. The van der Waals surface area contributed by atoms with Crippen LogP contribution in [0.3, 0.4) is 0 Å². The van der Waals surface area contributed by atoms with Crippen LogP contribution in [0.15, 0.2) is 53.6 Å². The van der Waals surface area contributed by atoms with Crippen LogP contribution in [-0.2, 0) is 10.0 Å². The topological polar surface area (TPSA) is 79.8 Å². The number of carbonyl (C=O) groups excluding carboxylic acids is 1. The molecule has 1 fully saturated rings. The van der Waals surface area contributed by atoms with E-state index in [1.54, 1.807) is 47.5 Å². The second-order valence-electron chi connectivity index (χ2n) is 5.59. The van der Waals surface area contributed by atoms with Crippen molar-refractivity contribution in [2.45, 2.75) is 4.90 Å². The summed E-state index contributed by atoms with van der Waals surface area (Å²) < 4.78 is 32.0. The molecular weight excluding hydrogens is 342 g/mol. The molecule has 0 radical (unpaired) electrons. The fourth-order valence-corrected chi connectivity index (χ4v) is 4.15. The summed E-state index contributed by atoms with van der Waals surface area (Å²) in [6.45, 7) is 1.16. The number of sulfonamides is 1. The van der Waals surface area contributed by atoms with Gasteiger partial charge in [0.25, 0.3) is 5.91 Å². The summed E-state index contributed by atoms with van der Waals surface area (Å²) in [5.74, 6) is 0.309. The molecular formula is C17H19N3O4S. The summed E-state index contributed by atoms with van der Waals surface area (Å²) in [4.78, 5) is 18.3. The van der Waals surface area contributed by atoms with Gasteiger partial charge in [0, 0.05) is 38.4 Å². The SMILES string of the molecule is COc1cccc(S(=O)(=O)N2CCN(C(=O)c3ccccn3)CC2)c1. The van der Waals surface area contributed by atoms with E-state index in [1.807, 2.05) is 0 Å². The van der Waals surface area contributed by atoms with E-state index in [-0.39, 0.29) is 23.9 Å². The third kappa shape index (κ3) is 3.64. The summed E-state index contributed by atoms with van der Waals surface area (Å²) in [6.07, 6.45) is 1.57. The summed E-state index contributed by atoms with van der Waals surface area (Å²) in [5, 5.41) is 0. The molecule has 0 aliphatic carbocycles. The maximum Gasteiger partial charge on any atom is 0.272 e. The van der Waals surface area contributed by atoms with Gasteiger partial charge >= 0.3 is 0 Å². The molecule has 2 aromatic rings. The van der Waals surface area contributed by atoms with Crippen molar-refractivity contribution in [2.75, 3.05) is 33.3 Å². The Morgan fingerprint density at radius 1 is 1.08 bits per heavy atom. The van der Waals surface area contributed by atoms with Crippen LogP contribution in [0.4, 0.5) is 0 Å². The lowest BCUT2D eigenvalue weighted by Crippen LogP contribution is -2.50. The quantitative estimate of drug-likeness (QED) is 0.818. The minimum absolute atomic E-state index is 0.181. The number of methoxy groups -OCH3 is 1. The van der Waals surface area contributed by atoms with Crippen LogP contribution in [-0.4, -0.2) is 61.8 Å². The average molecular weight is 361 g/mol. The molecule has 1 aliphatic heterocycles. The maximum atomic E-state index is 12.8. The first-order valence-corrected chi connectivity index (χ1v) is 9.31. The monoisotopic (exact) mass is 361 g/mol. The highest BCUT2D eigenvalue weighted by Crippen LogP contribution is 2.22. The molecule has 25 heavy (non-hydrogen) atoms. The molecule has 8 heteroatoms. The number of hydrogen-bond donors (Lipinski definition) is 0. The first-order chi connectivity index (χ1) is 12.0. The van der Waals surface area contributed by atoms with Crippen molar-refractivity contribution in [3.05, 3.63) is 54.4 Å². The van der Waals surface area contributed by atoms with E-state index < -0.39 is 10.0 Å². The Balaban J connectivity index is 1.70. The fraction of sp³-hybridized carbons (Fsp3) is 0.294. The molecule has 0 saturated carbocycles. The first kappa shape index (κ1) is 17.4. The summed E-state index contributed by atoms with van der Waals surface area (Å²) in [7, 11) is -2.11. The number of amides is 1. The van der Waals surface area contributed by atoms with Crippen molar-refractivity contribution in [3.8, 4) is 5.75 Å². The maximum absolute atomic E-state index is 12.8. The number of ether oxygens (including phenoxy) is 1. The van der Waals surface area contributed by atoms with E-state index in [1.165, 1.54) is 17.5 Å². The van der Waals surface area contributed by atoms with E-state index in [0.29, 0.717) is 24.5 Å². The lowest BCUT2D eigenvalue weighted by atomic mass is 10.3. The zero-order valence-electron chi connectivity index (χ0n) is 13.8. The number of carbonyl (C=O) groups is 1. The van der Waals surface area contributed by atoms with Crippen molar-refractivity contribution in [1.29, 1.82) is 0 Å². The second-order valence-corrected chi connectivity index (χ2v) is 7.53. The largest absolute Gasteiger partial charge is 0.497 e. The molecule has 0 spiro atoms. The third-order valence-corrected chi connectivity index (χ3v) is 5.98. The van der Waals surface area contributed by atoms with Gasteiger partial charge in [0.1, 0.15) is 11.4 Å².